The van der Waals surface area contributed by atoms with Gasteiger partial charge < -0.3 is 14.6 Å². The number of nitrogens with zero attached hydrogens (tertiary/aromatic N) is 3. The number of furan rings is 1. The molecule has 4 rings (SSSR count). The molecule has 0 radical (unpaired) electrons. The number of carbonyl (C=O) groups is 1. The molecular weight excluding hydrogens is 369 g/mol. The van der Waals surface area contributed by atoms with E-state index in [9.17, 15) is 18.0 Å². The van der Waals surface area contributed by atoms with Gasteiger partial charge in [0.05, 0.1) is 12.3 Å². The van der Waals surface area contributed by atoms with Crippen molar-refractivity contribution in [2.45, 2.75) is 24.7 Å². The lowest BCUT2D eigenvalue weighted by atomic mass is 10.0. The Kier molecular flexibility index (Phi) is 4.37. The van der Waals surface area contributed by atoms with Crippen molar-refractivity contribution in [1.82, 2.24) is 14.7 Å². The quantitative estimate of drug-likeness (QED) is 0.858. The number of halogens is 3. The second-order valence-electron chi connectivity index (χ2n) is 6.27. The van der Waals surface area contributed by atoms with Crippen molar-refractivity contribution in [2.75, 3.05) is 29.9 Å². The van der Waals surface area contributed by atoms with Crippen molar-refractivity contribution in [3.63, 3.8) is 0 Å². The lowest BCUT2D eigenvalue weighted by molar-refractivity contribution is -0.174. The fraction of sp³-hybridized carbons (Fsp3) is 0.500. The van der Waals surface area contributed by atoms with Gasteiger partial charge in [-0.1, -0.05) is 0 Å². The van der Waals surface area contributed by atoms with E-state index < -0.39 is 18.3 Å². The third-order valence-corrected chi connectivity index (χ3v) is 5.54. The Morgan fingerprint density at radius 1 is 1.35 bits per heavy atom. The molecule has 0 aromatic carbocycles. The number of hydrogen-bond donors (Lipinski definition) is 1. The van der Waals surface area contributed by atoms with Crippen LogP contribution in [0.1, 0.15) is 34.8 Å². The molecule has 1 saturated heterocycles. The zero-order valence-electron chi connectivity index (χ0n) is 13.7. The summed E-state index contributed by atoms with van der Waals surface area (Å²) >= 11 is 1.75. The fourth-order valence-corrected chi connectivity index (χ4v) is 4.19. The molecule has 4 heterocycles. The predicted molar refractivity (Wildman–Crippen MR) is 90.2 cm³/mol. The Morgan fingerprint density at radius 3 is 2.77 bits per heavy atom. The first-order valence-electron chi connectivity index (χ1n) is 8.26. The summed E-state index contributed by atoms with van der Waals surface area (Å²) in [7, 11) is 0. The van der Waals surface area contributed by atoms with Crippen LogP contribution in [0, 0.1) is 0 Å². The molecule has 2 aromatic rings. The van der Waals surface area contributed by atoms with Crippen molar-refractivity contribution in [3.8, 4) is 0 Å². The van der Waals surface area contributed by atoms with E-state index in [0.717, 1.165) is 16.2 Å². The highest BCUT2D eigenvalue weighted by atomic mass is 32.2. The van der Waals surface area contributed by atoms with Gasteiger partial charge in [0.1, 0.15) is 11.6 Å². The molecular formula is C16H17F3N4O2S. The summed E-state index contributed by atoms with van der Waals surface area (Å²) in [5, 5.41) is 7.01. The maximum Gasteiger partial charge on any atom is 0.410 e. The summed E-state index contributed by atoms with van der Waals surface area (Å²) in [6.45, 7) is 1.16. The van der Waals surface area contributed by atoms with E-state index in [0.29, 0.717) is 18.8 Å². The minimum Gasteiger partial charge on any atom is -0.467 e. The normalized spacial score (nSPS) is 23.4. The average molecular weight is 386 g/mol. The maximum absolute atomic E-state index is 13.6. The van der Waals surface area contributed by atoms with Gasteiger partial charge in [-0.15, -0.1) is 0 Å². The molecule has 1 N–H and O–H groups in total. The van der Waals surface area contributed by atoms with E-state index in [1.807, 2.05) is 0 Å². The number of anilines is 1. The standard InChI is InChI=1S/C16H17F3N4O2S/c17-16(18,19)13-8-10(12-2-1-5-25-12)20-14-9-11(21-23(13)14)15(24)22-3-6-26-7-4-22/h1-2,5,9-10,13,20H,3-4,6-8H2/t10-,13-/m1/s1. The summed E-state index contributed by atoms with van der Waals surface area (Å²) in [5.74, 6) is 1.92. The van der Waals surface area contributed by atoms with Crippen molar-refractivity contribution >= 4 is 23.5 Å². The molecule has 2 aromatic heterocycles. The minimum absolute atomic E-state index is 0.0359. The summed E-state index contributed by atoms with van der Waals surface area (Å²) in [6.07, 6.45) is -3.30. The molecule has 2 atom stereocenters. The molecule has 0 saturated carbocycles. The second kappa shape index (κ2) is 6.57. The minimum atomic E-state index is -4.48. The number of alkyl halides is 3. The van der Waals surface area contributed by atoms with Crippen LogP contribution in [0.25, 0.3) is 0 Å². The van der Waals surface area contributed by atoms with Crippen LogP contribution >= 0.6 is 11.8 Å². The summed E-state index contributed by atoms with van der Waals surface area (Å²) in [4.78, 5) is 14.2. The van der Waals surface area contributed by atoms with E-state index in [4.69, 9.17) is 4.42 Å². The predicted octanol–water partition coefficient (Wildman–Crippen LogP) is 3.33. The number of aromatic nitrogens is 2. The second-order valence-corrected chi connectivity index (χ2v) is 7.49. The van der Waals surface area contributed by atoms with Gasteiger partial charge in [0.15, 0.2) is 11.7 Å². The third-order valence-electron chi connectivity index (χ3n) is 4.59. The van der Waals surface area contributed by atoms with Gasteiger partial charge in [-0.25, -0.2) is 4.68 Å². The van der Waals surface area contributed by atoms with Gasteiger partial charge in [0, 0.05) is 37.1 Å². The molecule has 10 heteroatoms. The van der Waals surface area contributed by atoms with Crippen molar-refractivity contribution in [3.05, 3.63) is 35.9 Å². The van der Waals surface area contributed by atoms with Crippen molar-refractivity contribution < 1.29 is 22.4 Å². The van der Waals surface area contributed by atoms with Crippen LogP contribution in [-0.4, -0.2) is 51.4 Å². The molecule has 26 heavy (non-hydrogen) atoms. The van der Waals surface area contributed by atoms with Crippen molar-refractivity contribution in [2.24, 2.45) is 0 Å². The molecule has 0 bridgehead atoms. The van der Waals surface area contributed by atoms with Gasteiger partial charge in [-0.05, 0) is 12.1 Å². The largest absolute Gasteiger partial charge is 0.467 e. The van der Waals surface area contributed by atoms with Gasteiger partial charge in [-0.2, -0.15) is 30.0 Å². The summed E-state index contributed by atoms with van der Waals surface area (Å²) in [5.41, 5.74) is 0.0359. The number of rotatable bonds is 2. The van der Waals surface area contributed by atoms with Gasteiger partial charge in [0.2, 0.25) is 0 Å². The first-order valence-corrected chi connectivity index (χ1v) is 9.42. The van der Waals surface area contributed by atoms with E-state index in [1.54, 1.807) is 28.8 Å². The first kappa shape index (κ1) is 17.3. The average Bonchev–Trinajstić information content (AvgIpc) is 3.29. The molecule has 140 valence electrons. The number of amides is 1. The molecule has 0 spiro atoms. The number of nitrogens with one attached hydrogen (secondary N) is 1. The lowest BCUT2D eigenvalue weighted by Crippen LogP contribution is -2.38. The molecule has 1 fully saturated rings. The number of fused-ring (bicyclic) bond motifs is 1. The highest BCUT2D eigenvalue weighted by Gasteiger charge is 2.47. The number of thioether (sulfide) groups is 1. The first-order chi connectivity index (χ1) is 12.4. The molecule has 2 aliphatic rings. The van der Waals surface area contributed by atoms with Crippen LogP contribution in [0.5, 0.6) is 0 Å². The van der Waals surface area contributed by atoms with Crippen LogP contribution < -0.4 is 5.32 Å². The van der Waals surface area contributed by atoms with Gasteiger partial charge in [0.25, 0.3) is 5.91 Å². The maximum atomic E-state index is 13.6. The van der Waals surface area contributed by atoms with Gasteiger partial charge in [-0.3, -0.25) is 4.79 Å². The summed E-state index contributed by atoms with van der Waals surface area (Å²) < 4.78 is 46.9. The van der Waals surface area contributed by atoms with E-state index in [-0.39, 0.29) is 23.8 Å². The fourth-order valence-electron chi connectivity index (χ4n) is 3.28. The van der Waals surface area contributed by atoms with Crippen LogP contribution in [0.4, 0.5) is 19.0 Å². The van der Waals surface area contributed by atoms with Crippen molar-refractivity contribution in [1.29, 1.82) is 0 Å². The molecule has 0 unspecified atom stereocenters. The molecule has 0 aliphatic carbocycles. The Bertz CT molecular complexity index is 784. The molecule has 1 amide bonds. The SMILES string of the molecule is O=C(c1cc2n(n1)[C@@H](C(F)(F)F)C[C@H](c1ccco1)N2)N1CCSCC1. The number of carbonyl (C=O) groups excluding carboxylic acids is 1. The third kappa shape index (κ3) is 3.17. The highest BCUT2D eigenvalue weighted by Crippen LogP contribution is 2.43. The van der Waals surface area contributed by atoms with E-state index in [1.165, 1.54) is 12.3 Å². The zero-order chi connectivity index (χ0) is 18.3. The van der Waals surface area contributed by atoms with Crippen LogP contribution in [0.2, 0.25) is 0 Å². The van der Waals surface area contributed by atoms with Crippen LogP contribution in [0.15, 0.2) is 28.9 Å². The van der Waals surface area contributed by atoms with Crippen LogP contribution in [-0.2, 0) is 0 Å². The Morgan fingerprint density at radius 2 is 2.12 bits per heavy atom. The lowest BCUT2D eigenvalue weighted by Gasteiger charge is -2.32. The monoisotopic (exact) mass is 386 g/mol. The Hall–Kier alpha value is -2.10. The van der Waals surface area contributed by atoms with E-state index in [2.05, 4.69) is 10.4 Å². The highest BCUT2D eigenvalue weighted by molar-refractivity contribution is 7.99. The number of hydrogen-bond acceptors (Lipinski definition) is 5. The van der Waals surface area contributed by atoms with E-state index >= 15 is 0 Å². The Labute approximate surface area is 151 Å². The Balaban J connectivity index is 1.66. The smallest absolute Gasteiger partial charge is 0.410 e. The zero-order valence-corrected chi connectivity index (χ0v) is 14.5. The van der Waals surface area contributed by atoms with Gasteiger partial charge >= 0.3 is 6.18 Å². The topological polar surface area (TPSA) is 63.3 Å². The molecule has 2 aliphatic heterocycles. The molecule has 6 nitrogen and oxygen atoms in total. The summed E-state index contributed by atoms with van der Waals surface area (Å²) in [6, 6.07) is 2.23. The van der Waals surface area contributed by atoms with Crippen LogP contribution in [0.3, 0.4) is 0 Å².